The zero-order valence-electron chi connectivity index (χ0n) is 24.4. The van der Waals surface area contributed by atoms with Crippen LogP contribution in [0.4, 0.5) is 11.4 Å². The number of esters is 4. The van der Waals surface area contributed by atoms with E-state index in [1.54, 1.807) is 0 Å². The Morgan fingerprint density at radius 1 is 0.696 bits per heavy atom. The molecule has 0 aromatic heterocycles. The largest absolute Gasteiger partial charge is 0.459 e. The lowest BCUT2D eigenvalue weighted by Crippen LogP contribution is -2.34. The molecule has 2 rings (SSSR count). The first-order chi connectivity index (χ1) is 22.0. The van der Waals surface area contributed by atoms with Gasteiger partial charge in [0.05, 0.1) is 10.6 Å². The summed E-state index contributed by atoms with van der Waals surface area (Å²) in [6.07, 6.45) is 0.763. The summed E-state index contributed by atoms with van der Waals surface area (Å²) in [7, 11) is 0. The smallest absolute Gasteiger partial charge is 0.347 e. The minimum Gasteiger partial charge on any atom is -0.459 e. The number of carbonyl (C=O) groups excluding carboxylic acids is 7. The normalized spacial score (nSPS) is 12.7. The summed E-state index contributed by atoms with van der Waals surface area (Å²) in [5, 5.41) is 10.8. The molecule has 0 heterocycles. The molecule has 0 saturated carbocycles. The molecule has 0 spiro atoms. The minimum atomic E-state index is -1.45. The first kappa shape index (κ1) is 36.1. The van der Waals surface area contributed by atoms with Crippen molar-refractivity contribution in [3.8, 4) is 0 Å². The lowest BCUT2D eigenvalue weighted by atomic mass is 10.1. The summed E-state index contributed by atoms with van der Waals surface area (Å²) in [5.41, 5.74) is 1.11. The minimum absolute atomic E-state index is 0.0844. The molecule has 0 aliphatic heterocycles. The number of benzene rings is 2. The second-order valence-corrected chi connectivity index (χ2v) is 9.17. The van der Waals surface area contributed by atoms with Gasteiger partial charge in [-0.05, 0) is 37.1 Å². The van der Waals surface area contributed by atoms with E-state index in [2.05, 4.69) is 15.0 Å². The third kappa shape index (κ3) is 11.9. The van der Waals surface area contributed by atoms with E-state index in [0.29, 0.717) is 16.8 Å². The van der Waals surface area contributed by atoms with Crippen molar-refractivity contribution >= 4 is 53.5 Å². The molecule has 0 bridgehead atoms. The highest BCUT2D eigenvalue weighted by Gasteiger charge is 2.28. The number of aliphatic imine (C=N–C) groups is 3. The maximum absolute atomic E-state index is 12.5. The highest BCUT2D eigenvalue weighted by atomic mass is 16.6. The maximum atomic E-state index is 12.5. The van der Waals surface area contributed by atoms with Crippen LogP contribution in [0, 0.1) is 10.1 Å². The standard InChI is InChI=1S/C29H26N4O13/c1-18(45-28(39)24(31-16-35)13-20-3-7-22(8-4-20)30-15-34)26(37)43-11-12-44-27(38)19(2)46-29(40)25(32-17-36)14-21-5-9-23(10-6-21)33(41)42/h3-10,18-19,24-25H,11-14H2,1-2H3. The van der Waals surface area contributed by atoms with Crippen molar-refractivity contribution in [2.24, 2.45) is 15.0 Å². The Balaban J connectivity index is 1.80. The van der Waals surface area contributed by atoms with Crippen molar-refractivity contribution in [1.82, 2.24) is 0 Å². The van der Waals surface area contributed by atoms with Crippen LogP contribution >= 0.6 is 0 Å². The van der Waals surface area contributed by atoms with Crippen LogP contribution in [0.25, 0.3) is 0 Å². The van der Waals surface area contributed by atoms with Crippen molar-refractivity contribution in [1.29, 1.82) is 0 Å². The molecule has 17 heteroatoms. The molecule has 0 saturated heterocycles. The lowest BCUT2D eigenvalue weighted by Gasteiger charge is -2.17. The van der Waals surface area contributed by atoms with E-state index in [9.17, 15) is 43.7 Å². The molecule has 240 valence electrons. The molecule has 0 amide bonds. The number of nitro benzene ring substituents is 1. The molecule has 2 aromatic rings. The van der Waals surface area contributed by atoms with E-state index in [1.807, 2.05) is 0 Å². The van der Waals surface area contributed by atoms with Gasteiger partial charge in [-0.15, -0.1) is 0 Å². The van der Waals surface area contributed by atoms with Crippen molar-refractivity contribution in [2.75, 3.05) is 13.2 Å². The summed E-state index contributed by atoms with van der Waals surface area (Å²) >= 11 is 0. The number of ether oxygens (including phenoxy) is 4. The zero-order valence-corrected chi connectivity index (χ0v) is 24.4. The fourth-order valence-electron chi connectivity index (χ4n) is 3.57. The van der Waals surface area contributed by atoms with Gasteiger partial charge in [0.25, 0.3) is 5.69 Å². The SMILES string of the molecule is CC(OC(=O)C(Cc1ccc(N=C=O)cc1)N=C=O)C(=O)OCCOC(=O)C(C)OC(=O)C(Cc1ccc([N+](=O)[O-])cc1)N=C=O. The van der Waals surface area contributed by atoms with E-state index in [-0.39, 0.29) is 18.5 Å². The zero-order chi connectivity index (χ0) is 34.1. The number of hydrogen-bond acceptors (Lipinski definition) is 16. The average Bonchev–Trinajstić information content (AvgIpc) is 3.03. The molecule has 0 N–H and O–H groups in total. The summed E-state index contributed by atoms with van der Waals surface area (Å²) < 4.78 is 19.9. The number of rotatable bonds is 17. The molecule has 4 atom stereocenters. The van der Waals surface area contributed by atoms with Crippen LogP contribution in [0.3, 0.4) is 0 Å². The second kappa shape index (κ2) is 18.5. The van der Waals surface area contributed by atoms with Crippen molar-refractivity contribution in [3.05, 3.63) is 69.8 Å². The Morgan fingerprint density at radius 2 is 1.11 bits per heavy atom. The van der Waals surface area contributed by atoms with Gasteiger partial charge in [0.1, 0.15) is 13.2 Å². The van der Waals surface area contributed by atoms with E-state index < -0.39 is 66.3 Å². The van der Waals surface area contributed by atoms with Crippen molar-refractivity contribution < 1.29 is 57.4 Å². The Bertz CT molecular complexity index is 1450. The quantitative estimate of drug-likeness (QED) is 0.0457. The molecule has 17 nitrogen and oxygen atoms in total. The summed E-state index contributed by atoms with van der Waals surface area (Å²) in [4.78, 5) is 102. The van der Waals surface area contributed by atoms with Gasteiger partial charge in [0.15, 0.2) is 24.3 Å². The fraction of sp³-hybridized carbons (Fsp3) is 0.345. The van der Waals surface area contributed by atoms with Crippen LogP contribution in [0.2, 0.25) is 0 Å². The predicted octanol–water partition coefficient (Wildman–Crippen LogP) is 1.71. The molecule has 0 radical (unpaired) electrons. The Labute approximate surface area is 260 Å². The van der Waals surface area contributed by atoms with E-state index in [0.717, 1.165) is 0 Å². The van der Waals surface area contributed by atoms with Gasteiger partial charge in [-0.2, -0.15) is 15.0 Å². The lowest BCUT2D eigenvalue weighted by molar-refractivity contribution is -0.384. The van der Waals surface area contributed by atoms with Crippen LogP contribution in [-0.2, 0) is 65.4 Å². The third-order valence-electron chi connectivity index (χ3n) is 5.90. The Kier molecular flexibility index (Phi) is 14.5. The predicted molar refractivity (Wildman–Crippen MR) is 152 cm³/mol. The average molecular weight is 639 g/mol. The topological polar surface area (TPSA) is 237 Å². The number of carbonyl (C=O) groups is 4. The van der Waals surface area contributed by atoms with Gasteiger partial charge in [-0.25, -0.2) is 33.6 Å². The molecule has 4 unspecified atom stereocenters. The molecular weight excluding hydrogens is 612 g/mol. The van der Waals surface area contributed by atoms with Gasteiger partial charge < -0.3 is 18.9 Å². The van der Waals surface area contributed by atoms with Gasteiger partial charge >= 0.3 is 23.9 Å². The Hall–Kier alpha value is -6.14. The van der Waals surface area contributed by atoms with Crippen LogP contribution < -0.4 is 0 Å². The van der Waals surface area contributed by atoms with Crippen molar-refractivity contribution in [2.45, 2.75) is 51.0 Å². The molecule has 0 aliphatic carbocycles. The number of nitro groups is 1. The van der Waals surface area contributed by atoms with Crippen LogP contribution in [0.5, 0.6) is 0 Å². The summed E-state index contributed by atoms with van der Waals surface area (Å²) in [6.45, 7) is 1.47. The monoisotopic (exact) mass is 638 g/mol. The number of isocyanates is 3. The second-order valence-electron chi connectivity index (χ2n) is 9.17. The van der Waals surface area contributed by atoms with Gasteiger partial charge in [-0.3, -0.25) is 10.1 Å². The molecule has 0 aliphatic rings. The van der Waals surface area contributed by atoms with Crippen LogP contribution in [0.15, 0.2) is 63.5 Å². The van der Waals surface area contributed by atoms with E-state index in [4.69, 9.17) is 18.9 Å². The van der Waals surface area contributed by atoms with Gasteiger partial charge in [0.2, 0.25) is 18.2 Å². The van der Waals surface area contributed by atoms with Crippen molar-refractivity contribution in [3.63, 3.8) is 0 Å². The maximum Gasteiger partial charge on any atom is 0.347 e. The molecule has 2 aromatic carbocycles. The molecule has 0 fully saturated rings. The van der Waals surface area contributed by atoms with Crippen LogP contribution in [0.1, 0.15) is 25.0 Å². The number of non-ortho nitro benzene ring substituents is 1. The van der Waals surface area contributed by atoms with E-state index >= 15 is 0 Å². The summed E-state index contributed by atoms with van der Waals surface area (Å²) in [6, 6.07) is 8.46. The van der Waals surface area contributed by atoms with Crippen LogP contribution in [-0.4, -0.2) is 84.5 Å². The highest BCUT2D eigenvalue weighted by Crippen LogP contribution is 2.16. The first-order valence-corrected chi connectivity index (χ1v) is 13.3. The van der Waals surface area contributed by atoms with E-state index in [1.165, 1.54) is 80.6 Å². The third-order valence-corrected chi connectivity index (χ3v) is 5.90. The summed E-state index contributed by atoms with van der Waals surface area (Å²) in [5.74, 6) is -4.10. The number of nitrogens with zero attached hydrogens (tertiary/aromatic N) is 4. The molecular formula is C29H26N4O13. The Morgan fingerprint density at radius 3 is 1.48 bits per heavy atom. The molecule has 46 heavy (non-hydrogen) atoms. The van der Waals surface area contributed by atoms with Gasteiger partial charge in [0, 0.05) is 25.0 Å². The first-order valence-electron chi connectivity index (χ1n) is 13.3. The fourth-order valence-corrected chi connectivity index (χ4v) is 3.57. The number of hydrogen-bond donors (Lipinski definition) is 0. The highest BCUT2D eigenvalue weighted by molar-refractivity contribution is 5.83. The van der Waals surface area contributed by atoms with Gasteiger partial charge in [-0.1, -0.05) is 24.3 Å².